The molecule has 1 saturated carbocycles. The van der Waals surface area contributed by atoms with Crippen LogP contribution >= 0.6 is 11.3 Å². The second-order valence-corrected chi connectivity index (χ2v) is 11.3. The molecule has 14 heteroatoms. The predicted molar refractivity (Wildman–Crippen MR) is 143 cm³/mol. The van der Waals surface area contributed by atoms with E-state index in [1.54, 1.807) is 31.6 Å². The molecule has 4 aliphatic rings. The molecule has 204 valence electrons. The number of hydrogen-bond donors (Lipinski definition) is 1. The molecular weight excluding hydrogens is 522 g/mol. The van der Waals surface area contributed by atoms with Gasteiger partial charge in [0, 0.05) is 49.9 Å². The van der Waals surface area contributed by atoms with Crippen LogP contribution in [-0.2, 0) is 14.4 Å². The predicted octanol–water partition coefficient (Wildman–Crippen LogP) is 1.29. The van der Waals surface area contributed by atoms with Crippen LogP contribution in [0.5, 0.6) is 0 Å². The highest BCUT2D eigenvalue weighted by atomic mass is 32.1. The van der Waals surface area contributed by atoms with E-state index in [1.807, 2.05) is 0 Å². The number of Topliss-reactive ketones (excluding diaryl/α,β-unsaturated/α-hetero) is 1. The first-order valence-electron chi connectivity index (χ1n) is 13.0. The number of urea groups is 1. The molecule has 5 atom stereocenters. The molecule has 4 amide bonds. The van der Waals surface area contributed by atoms with E-state index < -0.39 is 30.2 Å². The molecule has 2 saturated heterocycles. The Morgan fingerprint density at radius 2 is 1.90 bits per heavy atom. The van der Waals surface area contributed by atoms with E-state index >= 15 is 0 Å². The van der Waals surface area contributed by atoms with E-state index in [0.717, 1.165) is 41.3 Å². The number of amides is 4. The SMILES string of the molecule is CCC(=O)CN1C(=O)C2C(N=CN2[C@@H](C)C(=O)Nc2csc(-c3cnc(N4CC5CC5C4)nc3)n2)N(C)C1=O. The van der Waals surface area contributed by atoms with Gasteiger partial charge in [-0.25, -0.2) is 24.7 Å². The number of imide groups is 1. The zero-order chi connectivity index (χ0) is 27.4. The van der Waals surface area contributed by atoms with Crippen molar-refractivity contribution < 1.29 is 19.2 Å². The van der Waals surface area contributed by atoms with Crippen LogP contribution < -0.4 is 10.2 Å². The number of nitrogens with one attached hydrogen (secondary N) is 1. The van der Waals surface area contributed by atoms with Crippen LogP contribution in [0.1, 0.15) is 26.7 Å². The van der Waals surface area contributed by atoms with Gasteiger partial charge in [0.1, 0.15) is 16.9 Å². The zero-order valence-electron chi connectivity index (χ0n) is 21.9. The summed E-state index contributed by atoms with van der Waals surface area (Å²) in [7, 11) is 1.53. The van der Waals surface area contributed by atoms with Crippen LogP contribution in [0.25, 0.3) is 10.6 Å². The Morgan fingerprint density at radius 1 is 1.18 bits per heavy atom. The van der Waals surface area contributed by atoms with E-state index in [4.69, 9.17) is 0 Å². The van der Waals surface area contributed by atoms with Gasteiger partial charge in [-0.3, -0.25) is 19.3 Å². The van der Waals surface area contributed by atoms with Crippen LogP contribution in [0.3, 0.4) is 0 Å². The van der Waals surface area contributed by atoms with Crippen LogP contribution in [0.2, 0.25) is 0 Å². The number of anilines is 2. The van der Waals surface area contributed by atoms with Crippen LogP contribution in [0, 0.1) is 11.8 Å². The summed E-state index contributed by atoms with van der Waals surface area (Å²) in [6.07, 6.45) is 5.68. The number of piperidine rings is 1. The third-order valence-electron chi connectivity index (χ3n) is 7.86. The molecule has 1 aliphatic carbocycles. The van der Waals surface area contributed by atoms with Crippen molar-refractivity contribution in [2.24, 2.45) is 16.8 Å². The van der Waals surface area contributed by atoms with Gasteiger partial charge in [-0.1, -0.05) is 6.92 Å². The molecule has 0 bridgehead atoms. The maximum atomic E-state index is 13.2. The molecule has 6 rings (SSSR count). The topological polar surface area (TPSA) is 144 Å². The van der Waals surface area contributed by atoms with Crippen molar-refractivity contribution in [1.29, 1.82) is 0 Å². The van der Waals surface area contributed by atoms with Gasteiger partial charge >= 0.3 is 6.03 Å². The first-order chi connectivity index (χ1) is 18.7. The zero-order valence-corrected chi connectivity index (χ0v) is 22.7. The molecule has 5 heterocycles. The minimum absolute atomic E-state index is 0.207. The fourth-order valence-corrected chi connectivity index (χ4v) is 6.07. The highest BCUT2D eigenvalue weighted by Crippen LogP contribution is 2.45. The van der Waals surface area contributed by atoms with Gasteiger partial charge < -0.3 is 20.0 Å². The van der Waals surface area contributed by atoms with Gasteiger partial charge in [-0.15, -0.1) is 11.3 Å². The number of rotatable bonds is 8. The summed E-state index contributed by atoms with van der Waals surface area (Å²) in [5.41, 5.74) is 0.762. The van der Waals surface area contributed by atoms with Crippen molar-refractivity contribution >= 4 is 53.1 Å². The lowest BCUT2D eigenvalue weighted by Crippen LogP contribution is -2.66. The summed E-state index contributed by atoms with van der Waals surface area (Å²) in [4.78, 5) is 75.0. The lowest BCUT2D eigenvalue weighted by atomic mass is 10.1. The summed E-state index contributed by atoms with van der Waals surface area (Å²) in [6, 6.07) is -2.28. The number of hydrogen-bond acceptors (Lipinski definition) is 11. The van der Waals surface area contributed by atoms with Crippen LogP contribution in [-0.4, -0.2) is 105 Å². The quantitative estimate of drug-likeness (QED) is 0.513. The lowest BCUT2D eigenvalue weighted by Gasteiger charge is -2.42. The number of carbonyl (C=O) groups excluding carboxylic acids is 4. The maximum absolute atomic E-state index is 13.2. The van der Waals surface area contributed by atoms with Gasteiger partial charge in [-0.2, -0.15) is 0 Å². The minimum Gasteiger partial charge on any atom is -0.340 e. The molecule has 0 aromatic carbocycles. The van der Waals surface area contributed by atoms with Gasteiger partial charge in [0.25, 0.3) is 5.91 Å². The van der Waals surface area contributed by atoms with Crippen molar-refractivity contribution in [2.75, 3.05) is 36.9 Å². The molecule has 4 unspecified atom stereocenters. The molecule has 1 N–H and O–H groups in total. The van der Waals surface area contributed by atoms with Crippen molar-refractivity contribution in [1.82, 2.24) is 29.7 Å². The van der Waals surface area contributed by atoms with Crippen molar-refractivity contribution in [2.45, 2.75) is 44.9 Å². The first kappa shape index (κ1) is 25.3. The van der Waals surface area contributed by atoms with Gasteiger partial charge in [0.15, 0.2) is 18.0 Å². The molecular formula is C25H29N9O4S. The number of likely N-dealkylation sites (N-methyl/N-ethyl adjacent to an activating group) is 1. The highest BCUT2D eigenvalue weighted by molar-refractivity contribution is 7.13. The van der Waals surface area contributed by atoms with Crippen molar-refractivity contribution in [3.8, 4) is 10.6 Å². The Bertz CT molecular complexity index is 1350. The number of thiazole rings is 1. The average molecular weight is 552 g/mol. The number of nitrogens with zero attached hydrogens (tertiary/aromatic N) is 8. The van der Waals surface area contributed by atoms with E-state index in [-0.39, 0.29) is 24.7 Å². The Labute approximate surface area is 228 Å². The second-order valence-electron chi connectivity index (χ2n) is 10.4. The number of aromatic nitrogens is 3. The Kier molecular flexibility index (Phi) is 6.28. The molecule has 0 radical (unpaired) electrons. The smallest absolute Gasteiger partial charge is 0.328 e. The monoisotopic (exact) mass is 551 g/mol. The maximum Gasteiger partial charge on any atom is 0.328 e. The number of fused-ring (bicyclic) bond motifs is 2. The number of carbonyl (C=O) groups is 4. The van der Waals surface area contributed by atoms with Gasteiger partial charge in [0.05, 0.1) is 12.9 Å². The van der Waals surface area contributed by atoms with Gasteiger partial charge in [0.2, 0.25) is 11.9 Å². The van der Waals surface area contributed by atoms with E-state index in [0.29, 0.717) is 10.8 Å². The van der Waals surface area contributed by atoms with E-state index in [9.17, 15) is 19.2 Å². The normalized spacial score (nSPS) is 26.1. The Balaban J connectivity index is 1.11. The molecule has 2 aromatic heterocycles. The van der Waals surface area contributed by atoms with E-state index in [1.165, 1.54) is 40.9 Å². The third-order valence-corrected chi connectivity index (χ3v) is 8.75. The fourth-order valence-electron chi connectivity index (χ4n) is 5.34. The van der Waals surface area contributed by atoms with E-state index in [2.05, 4.69) is 30.2 Å². The molecule has 3 fully saturated rings. The summed E-state index contributed by atoms with van der Waals surface area (Å²) in [5, 5.41) is 5.22. The summed E-state index contributed by atoms with van der Waals surface area (Å²) in [6.45, 7) is 5.06. The summed E-state index contributed by atoms with van der Waals surface area (Å²) < 4.78 is 0. The van der Waals surface area contributed by atoms with Gasteiger partial charge in [-0.05, 0) is 25.2 Å². The average Bonchev–Trinajstić information content (AvgIpc) is 3.32. The first-order valence-corrected chi connectivity index (χ1v) is 13.9. The third kappa shape index (κ3) is 4.51. The molecule has 2 aromatic rings. The number of aliphatic imine (C=N–C) groups is 1. The molecule has 0 spiro atoms. The van der Waals surface area contributed by atoms with Crippen LogP contribution in [0.4, 0.5) is 16.6 Å². The van der Waals surface area contributed by atoms with Crippen molar-refractivity contribution in [3.05, 3.63) is 17.8 Å². The highest BCUT2D eigenvalue weighted by Gasteiger charge is 2.51. The lowest BCUT2D eigenvalue weighted by molar-refractivity contribution is -0.141. The summed E-state index contributed by atoms with van der Waals surface area (Å²) in [5.74, 6) is 1.53. The van der Waals surface area contributed by atoms with Crippen molar-refractivity contribution in [3.63, 3.8) is 0 Å². The Morgan fingerprint density at radius 3 is 2.59 bits per heavy atom. The van der Waals surface area contributed by atoms with Crippen LogP contribution in [0.15, 0.2) is 22.8 Å². The Hall–Kier alpha value is -3.94. The second kappa shape index (κ2) is 9.67. The largest absolute Gasteiger partial charge is 0.340 e. The fraction of sp³-hybridized carbons (Fsp3) is 0.520. The standard InChI is InChI=1S/C25H29N9O4S/c1-4-17(35)10-33-23(37)19-20(31(3)25(33)38)28-12-34(19)13(2)21(36)29-18-11-39-22(30-18)16-6-26-24(27-7-16)32-8-14-5-15(14)9-32/h6-7,11-15,19-20H,4-5,8-10H2,1-3H3,(H,29,36)/t13-,14?,15?,19?,20?/m0/s1. The molecule has 39 heavy (non-hydrogen) atoms. The molecule has 13 nitrogen and oxygen atoms in total. The number of ketones is 1. The minimum atomic E-state index is -0.902. The summed E-state index contributed by atoms with van der Waals surface area (Å²) >= 11 is 1.37. The molecule has 3 aliphatic heterocycles.